The molecule has 0 heterocycles. The van der Waals surface area contributed by atoms with Crippen molar-refractivity contribution in [3.8, 4) is 5.75 Å². The van der Waals surface area contributed by atoms with Gasteiger partial charge in [-0.05, 0) is 36.8 Å². The molecule has 0 unspecified atom stereocenters. The number of nitrogens with one attached hydrogen (secondary N) is 1. The average Bonchev–Trinajstić information content (AvgIpc) is 2.64. The maximum Gasteiger partial charge on any atom is 0.328 e. The monoisotopic (exact) mass is 383 g/mol. The van der Waals surface area contributed by atoms with Gasteiger partial charge in [-0.2, -0.15) is 0 Å². The number of aliphatic hydroxyl groups is 2. The van der Waals surface area contributed by atoms with Crippen LogP contribution in [0, 0.1) is 0 Å². The minimum absolute atomic E-state index is 0.0505. The van der Waals surface area contributed by atoms with Crippen LogP contribution < -0.4 is 10.1 Å². The highest BCUT2D eigenvalue weighted by molar-refractivity contribution is 6.30. The Morgan fingerprint density at radius 2 is 1.96 bits per heavy atom. The molecule has 0 bridgehead atoms. The molecule has 4 atom stereocenters. The number of ether oxygens (including phenoxy) is 2. The summed E-state index contributed by atoms with van der Waals surface area (Å²) in [6.45, 7) is 1.74. The largest absolute Gasteiger partial charge is 0.484 e. The molecule has 0 saturated carbocycles. The van der Waals surface area contributed by atoms with Crippen molar-refractivity contribution in [1.29, 1.82) is 0 Å². The van der Waals surface area contributed by atoms with E-state index < -0.39 is 36.2 Å². The van der Waals surface area contributed by atoms with Gasteiger partial charge < -0.3 is 25.0 Å². The molecule has 0 saturated heterocycles. The summed E-state index contributed by atoms with van der Waals surface area (Å²) in [5, 5.41) is 23.3. The lowest BCUT2D eigenvalue weighted by Crippen LogP contribution is -2.47. The molecule has 0 aliphatic heterocycles. The topological polar surface area (TPSA) is 105 Å². The summed E-state index contributed by atoms with van der Waals surface area (Å²) in [6, 6.07) is 5.71. The van der Waals surface area contributed by atoms with E-state index in [1.807, 2.05) is 0 Å². The first-order chi connectivity index (χ1) is 12.3. The quantitative estimate of drug-likeness (QED) is 0.638. The van der Waals surface area contributed by atoms with Crippen molar-refractivity contribution in [3.05, 3.63) is 40.9 Å². The van der Waals surface area contributed by atoms with Gasteiger partial charge in [-0.15, -0.1) is 0 Å². The van der Waals surface area contributed by atoms with E-state index >= 15 is 0 Å². The van der Waals surface area contributed by atoms with E-state index in [4.69, 9.17) is 16.3 Å². The number of carbonyl (C=O) groups is 2. The van der Waals surface area contributed by atoms with Crippen LogP contribution in [-0.2, 0) is 14.3 Å². The van der Waals surface area contributed by atoms with Crippen LogP contribution in [0.25, 0.3) is 0 Å². The number of esters is 1. The zero-order chi connectivity index (χ0) is 19.3. The van der Waals surface area contributed by atoms with Gasteiger partial charge in [-0.3, -0.25) is 4.79 Å². The zero-order valence-electron chi connectivity index (χ0n) is 14.5. The predicted molar refractivity (Wildman–Crippen MR) is 94.8 cm³/mol. The van der Waals surface area contributed by atoms with Crippen LogP contribution in [0.3, 0.4) is 0 Å². The second kappa shape index (κ2) is 9.02. The normalized spacial score (nSPS) is 23.6. The molecule has 1 aromatic rings. The summed E-state index contributed by atoms with van der Waals surface area (Å²) in [5.74, 6) is -0.630. The Labute approximate surface area is 156 Å². The van der Waals surface area contributed by atoms with Gasteiger partial charge in [0.05, 0.1) is 13.2 Å². The van der Waals surface area contributed by atoms with Crippen LogP contribution in [0.2, 0.25) is 5.02 Å². The molecule has 142 valence electrons. The Morgan fingerprint density at radius 1 is 1.31 bits per heavy atom. The Bertz CT molecular complexity index is 675. The maximum atomic E-state index is 12.4. The number of amides is 1. The van der Waals surface area contributed by atoms with Gasteiger partial charge in [0, 0.05) is 17.0 Å². The van der Waals surface area contributed by atoms with Crippen molar-refractivity contribution < 1.29 is 29.3 Å². The fraction of sp³-hybridized carbons (Fsp3) is 0.444. The van der Waals surface area contributed by atoms with Gasteiger partial charge in [-0.1, -0.05) is 18.5 Å². The molecule has 0 aromatic heterocycles. The first kappa shape index (κ1) is 20.2. The van der Waals surface area contributed by atoms with Crippen LogP contribution in [0.1, 0.15) is 19.8 Å². The maximum absolute atomic E-state index is 12.4. The number of benzene rings is 1. The fourth-order valence-electron chi connectivity index (χ4n) is 2.59. The molecule has 0 radical (unpaired) electrons. The van der Waals surface area contributed by atoms with Gasteiger partial charge in [0.15, 0.2) is 0 Å². The molecule has 2 rings (SSSR count). The Morgan fingerprint density at radius 3 is 2.54 bits per heavy atom. The number of hydrogen-bond acceptors (Lipinski definition) is 6. The Kier molecular flexibility index (Phi) is 7.02. The first-order valence-electron chi connectivity index (χ1n) is 8.23. The van der Waals surface area contributed by atoms with Gasteiger partial charge in [0.1, 0.15) is 24.0 Å². The summed E-state index contributed by atoms with van der Waals surface area (Å²) >= 11 is 5.82. The number of carbonyl (C=O) groups excluding carboxylic acids is 2. The average molecular weight is 384 g/mol. The molecule has 1 aliphatic rings. The summed E-state index contributed by atoms with van der Waals surface area (Å²) in [6.07, 6.45) is -1.52. The summed E-state index contributed by atoms with van der Waals surface area (Å²) < 4.78 is 10.3. The second-order valence-electron chi connectivity index (χ2n) is 5.95. The number of rotatable bonds is 6. The van der Waals surface area contributed by atoms with Crippen LogP contribution in [0.5, 0.6) is 5.75 Å². The minimum Gasteiger partial charge on any atom is -0.484 e. The fourth-order valence-corrected chi connectivity index (χ4v) is 2.72. The highest BCUT2D eigenvalue weighted by Gasteiger charge is 2.35. The number of methoxy groups -OCH3 is 1. The van der Waals surface area contributed by atoms with Crippen molar-refractivity contribution >= 4 is 23.5 Å². The van der Waals surface area contributed by atoms with E-state index in [1.165, 1.54) is 13.2 Å². The third kappa shape index (κ3) is 4.97. The number of halogens is 1. The Hall–Kier alpha value is -2.09. The van der Waals surface area contributed by atoms with Crippen LogP contribution >= 0.6 is 11.6 Å². The zero-order valence-corrected chi connectivity index (χ0v) is 15.3. The Balaban J connectivity index is 2.14. The highest BCUT2D eigenvalue weighted by atomic mass is 35.5. The van der Waals surface area contributed by atoms with E-state index in [1.54, 1.807) is 31.2 Å². The molecule has 7 nitrogen and oxygen atoms in total. The van der Waals surface area contributed by atoms with Crippen molar-refractivity contribution in [3.63, 3.8) is 0 Å². The van der Waals surface area contributed by atoms with Gasteiger partial charge >= 0.3 is 5.97 Å². The molecule has 1 amide bonds. The highest BCUT2D eigenvalue weighted by Crippen LogP contribution is 2.25. The van der Waals surface area contributed by atoms with E-state index in [9.17, 15) is 19.8 Å². The first-order valence-corrected chi connectivity index (χ1v) is 8.61. The summed E-state index contributed by atoms with van der Waals surface area (Å²) in [4.78, 5) is 24.1. The van der Waals surface area contributed by atoms with Crippen molar-refractivity contribution in [2.24, 2.45) is 0 Å². The second-order valence-corrected chi connectivity index (χ2v) is 6.38. The summed E-state index contributed by atoms with van der Waals surface area (Å²) in [7, 11) is 1.24. The minimum atomic E-state index is -1.19. The summed E-state index contributed by atoms with van der Waals surface area (Å²) in [5.41, 5.74) is 0.226. The molecule has 3 N–H and O–H groups in total. The van der Waals surface area contributed by atoms with E-state index in [0.29, 0.717) is 17.2 Å². The smallest absolute Gasteiger partial charge is 0.328 e. The van der Waals surface area contributed by atoms with Gasteiger partial charge in [-0.25, -0.2) is 4.79 Å². The van der Waals surface area contributed by atoms with Crippen molar-refractivity contribution in [2.45, 2.75) is 44.1 Å². The molecule has 8 heteroatoms. The standard InChI is InChI=1S/C18H22ClNO6/c1-3-13(18(24)25-2)20-17(23)10-8-14(21)16(22)15(9-10)26-12-6-4-11(19)5-7-12/h4-7,9,13-16,21-22H,3,8H2,1-2H3,(H,20,23)/t13-,14+,15+,16+/m0/s1. The molecule has 26 heavy (non-hydrogen) atoms. The SMILES string of the molecule is CC[C@H](NC(=O)C1=C[C@@H](Oc2ccc(Cl)cc2)[C@H](O)[C@H](O)C1)C(=O)OC. The van der Waals surface area contributed by atoms with Crippen LogP contribution in [0.4, 0.5) is 0 Å². The lowest BCUT2D eigenvalue weighted by molar-refractivity contribution is -0.144. The van der Waals surface area contributed by atoms with E-state index in [2.05, 4.69) is 10.1 Å². The lowest BCUT2D eigenvalue weighted by atomic mass is 9.91. The molecule has 1 aromatic carbocycles. The van der Waals surface area contributed by atoms with E-state index in [-0.39, 0.29) is 12.0 Å². The van der Waals surface area contributed by atoms with Crippen LogP contribution in [-0.4, -0.2) is 53.6 Å². The molecule has 0 fully saturated rings. The van der Waals surface area contributed by atoms with E-state index in [0.717, 1.165) is 0 Å². The molecular formula is C18H22ClNO6. The lowest BCUT2D eigenvalue weighted by Gasteiger charge is -2.31. The van der Waals surface area contributed by atoms with Crippen LogP contribution in [0.15, 0.2) is 35.9 Å². The molecular weight excluding hydrogens is 362 g/mol. The molecule has 0 spiro atoms. The van der Waals surface area contributed by atoms with Gasteiger partial charge in [0.25, 0.3) is 0 Å². The van der Waals surface area contributed by atoms with Crippen molar-refractivity contribution in [1.82, 2.24) is 5.32 Å². The number of hydrogen-bond donors (Lipinski definition) is 3. The predicted octanol–water partition coefficient (Wildman–Crippen LogP) is 1.21. The third-order valence-corrected chi connectivity index (χ3v) is 4.35. The van der Waals surface area contributed by atoms with Crippen molar-refractivity contribution in [2.75, 3.05) is 7.11 Å². The molecule has 1 aliphatic carbocycles. The third-order valence-electron chi connectivity index (χ3n) is 4.10. The van der Waals surface area contributed by atoms with Gasteiger partial charge in [0.2, 0.25) is 5.91 Å². The number of aliphatic hydroxyl groups excluding tert-OH is 2.